The molecule has 100 valence electrons. The number of nitrogens with two attached hydrogens (primary N) is 1. The number of hydrogen-bond acceptors (Lipinski definition) is 4. The maximum Gasteiger partial charge on any atom is 0.127 e. The third-order valence-electron chi connectivity index (χ3n) is 3.26. The topological polar surface area (TPSA) is 63.9 Å². The maximum absolute atomic E-state index is 6.15. The molecule has 0 amide bonds. The largest absolute Gasteiger partial charge is 0.489 e. The number of para-hydroxylation sites is 1. The van der Waals surface area contributed by atoms with Gasteiger partial charge in [0.05, 0.1) is 6.20 Å². The molecule has 1 saturated heterocycles. The van der Waals surface area contributed by atoms with Crippen molar-refractivity contribution < 1.29 is 4.74 Å². The number of ether oxygens (including phenoxy) is 1. The molecule has 3 N–H and O–H groups in total. The Morgan fingerprint density at radius 1 is 1.32 bits per heavy atom. The summed E-state index contributed by atoms with van der Waals surface area (Å²) in [6, 6.07) is 8.00. The Kier molecular flexibility index (Phi) is 3.64. The van der Waals surface area contributed by atoms with Gasteiger partial charge in [0.25, 0.3) is 0 Å². The molecule has 0 aliphatic carbocycles. The van der Waals surface area contributed by atoms with Crippen molar-refractivity contribution in [3.63, 3.8) is 0 Å². The van der Waals surface area contributed by atoms with Crippen molar-refractivity contribution in [2.45, 2.75) is 18.9 Å². The number of benzene rings is 1. The first-order valence-electron chi connectivity index (χ1n) is 6.47. The lowest BCUT2D eigenvalue weighted by Gasteiger charge is -2.24. The number of aromatic nitrogens is 2. The van der Waals surface area contributed by atoms with E-state index in [4.69, 9.17) is 10.5 Å². The lowest BCUT2D eigenvalue weighted by molar-refractivity contribution is 0.212. The van der Waals surface area contributed by atoms with Gasteiger partial charge in [-0.1, -0.05) is 18.2 Å². The Morgan fingerprint density at radius 2 is 2.21 bits per heavy atom. The first-order valence-corrected chi connectivity index (χ1v) is 7.62. The molecule has 0 saturated carbocycles. The predicted molar refractivity (Wildman–Crippen MR) is 79.4 cm³/mol. The molecule has 1 unspecified atom stereocenters. The molecule has 4 nitrogen and oxygen atoms in total. The highest BCUT2D eigenvalue weighted by atomic mass is 32.2. The number of thioether (sulfide) groups is 1. The van der Waals surface area contributed by atoms with Crippen LogP contribution in [0.3, 0.4) is 0 Å². The zero-order chi connectivity index (χ0) is 13.1. The fourth-order valence-corrected chi connectivity index (χ4v) is 3.32. The molecule has 0 radical (unpaired) electrons. The fourth-order valence-electron chi connectivity index (χ4n) is 2.29. The van der Waals surface area contributed by atoms with E-state index >= 15 is 0 Å². The van der Waals surface area contributed by atoms with Crippen LogP contribution < -0.4 is 10.5 Å². The van der Waals surface area contributed by atoms with E-state index < -0.39 is 0 Å². The van der Waals surface area contributed by atoms with E-state index in [0.717, 1.165) is 29.1 Å². The van der Waals surface area contributed by atoms with Crippen molar-refractivity contribution in [2.75, 3.05) is 17.2 Å². The van der Waals surface area contributed by atoms with Crippen LogP contribution in [0.25, 0.3) is 11.1 Å². The summed E-state index contributed by atoms with van der Waals surface area (Å²) in [5.74, 6) is 3.78. The van der Waals surface area contributed by atoms with E-state index in [0.29, 0.717) is 11.9 Å². The summed E-state index contributed by atoms with van der Waals surface area (Å²) in [4.78, 5) is 0. The highest BCUT2D eigenvalue weighted by Gasteiger charge is 2.18. The van der Waals surface area contributed by atoms with Gasteiger partial charge in [-0.15, -0.1) is 0 Å². The molecule has 2 aromatic rings. The minimum absolute atomic E-state index is 0.299. The number of hydrogen-bond donors (Lipinski definition) is 2. The van der Waals surface area contributed by atoms with Gasteiger partial charge in [0, 0.05) is 16.9 Å². The normalized spacial score (nSPS) is 19.3. The van der Waals surface area contributed by atoms with Gasteiger partial charge in [-0.25, -0.2) is 0 Å². The van der Waals surface area contributed by atoms with E-state index in [1.165, 1.54) is 12.2 Å². The highest BCUT2D eigenvalue weighted by molar-refractivity contribution is 7.99. The van der Waals surface area contributed by atoms with Crippen molar-refractivity contribution in [2.24, 2.45) is 0 Å². The number of H-pyrrole nitrogens is 1. The smallest absolute Gasteiger partial charge is 0.127 e. The van der Waals surface area contributed by atoms with Gasteiger partial charge in [-0.2, -0.15) is 16.9 Å². The van der Waals surface area contributed by atoms with Gasteiger partial charge in [-0.3, -0.25) is 5.10 Å². The van der Waals surface area contributed by atoms with Crippen molar-refractivity contribution in [1.29, 1.82) is 0 Å². The van der Waals surface area contributed by atoms with Crippen LogP contribution in [0.1, 0.15) is 12.8 Å². The van der Waals surface area contributed by atoms with Gasteiger partial charge < -0.3 is 10.5 Å². The predicted octanol–water partition coefficient (Wildman–Crippen LogP) is 2.93. The molecule has 19 heavy (non-hydrogen) atoms. The Balaban J connectivity index is 1.87. The summed E-state index contributed by atoms with van der Waals surface area (Å²) < 4.78 is 6.15. The van der Waals surface area contributed by atoms with Gasteiger partial charge in [0.15, 0.2) is 0 Å². The Bertz CT molecular complexity index is 549. The second-order valence-corrected chi connectivity index (χ2v) is 5.80. The molecule has 0 spiro atoms. The number of nitrogens with one attached hydrogen (secondary N) is 1. The summed E-state index contributed by atoms with van der Waals surface area (Å²) in [5, 5.41) is 6.74. The number of nitrogens with zero attached hydrogens (tertiary/aromatic N) is 1. The van der Waals surface area contributed by atoms with Crippen LogP contribution in [-0.2, 0) is 0 Å². The van der Waals surface area contributed by atoms with Crippen LogP contribution >= 0.6 is 11.8 Å². The van der Waals surface area contributed by atoms with Crippen LogP contribution in [0.2, 0.25) is 0 Å². The zero-order valence-corrected chi connectivity index (χ0v) is 11.5. The molecular formula is C14H17N3OS. The van der Waals surface area contributed by atoms with Crippen LogP contribution in [0.15, 0.2) is 30.5 Å². The van der Waals surface area contributed by atoms with Crippen LogP contribution in [-0.4, -0.2) is 27.8 Å². The maximum atomic E-state index is 6.15. The number of anilines is 1. The quantitative estimate of drug-likeness (QED) is 0.904. The monoisotopic (exact) mass is 275 g/mol. The van der Waals surface area contributed by atoms with Crippen molar-refractivity contribution in [1.82, 2.24) is 10.2 Å². The molecule has 3 rings (SSSR count). The first kappa shape index (κ1) is 12.4. The summed E-state index contributed by atoms with van der Waals surface area (Å²) in [7, 11) is 0. The van der Waals surface area contributed by atoms with Gasteiger partial charge in [-0.05, 0) is 24.7 Å². The molecule has 2 heterocycles. The van der Waals surface area contributed by atoms with Crippen LogP contribution in [0.5, 0.6) is 5.75 Å². The Hall–Kier alpha value is -1.62. The molecular weight excluding hydrogens is 258 g/mol. The molecule has 1 aliphatic heterocycles. The average Bonchev–Trinajstić information content (AvgIpc) is 2.87. The van der Waals surface area contributed by atoms with Crippen molar-refractivity contribution >= 4 is 17.6 Å². The minimum Gasteiger partial charge on any atom is -0.489 e. The summed E-state index contributed by atoms with van der Waals surface area (Å²) >= 11 is 1.96. The highest BCUT2D eigenvalue weighted by Crippen LogP contribution is 2.34. The third kappa shape index (κ3) is 2.71. The number of nitrogen functional groups attached to an aromatic ring is 1. The van der Waals surface area contributed by atoms with Crippen LogP contribution in [0.4, 0.5) is 5.82 Å². The first-order chi connectivity index (χ1) is 9.34. The minimum atomic E-state index is 0.299. The SMILES string of the molecule is Nc1[nH]ncc1-c1ccccc1OC1CCCSC1. The van der Waals surface area contributed by atoms with Crippen molar-refractivity contribution in [3.05, 3.63) is 30.5 Å². The molecule has 0 bridgehead atoms. The molecule has 1 atom stereocenters. The van der Waals surface area contributed by atoms with E-state index in [1.54, 1.807) is 6.20 Å². The van der Waals surface area contributed by atoms with Gasteiger partial charge in [0.2, 0.25) is 0 Å². The van der Waals surface area contributed by atoms with E-state index in [2.05, 4.69) is 10.2 Å². The second kappa shape index (κ2) is 5.57. The van der Waals surface area contributed by atoms with Gasteiger partial charge >= 0.3 is 0 Å². The molecule has 5 heteroatoms. The zero-order valence-electron chi connectivity index (χ0n) is 10.6. The van der Waals surface area contributed by atoms with E-state index in [-0.39, 0.29) is 0 Å². The summed E-state index contributed by atoms with van der Waals surface area (Å²) in [6.07, 6.45) is 4.40. The lowest BCUT2D eigenvalue weighted by Crippen LogP contribution is -2.23. The summed E-state index contributed by atoms with van der Waals surface area (Å²) in [5.41, 5.74) is 7.80. The second-order valence-electron chi connectivity index (χ2n) is 4.65. The Labute approximate surface area is 116 Å². The molecule has 1 aromatic carbocycles. The summed E-state index contributed by atoms with van der Waals surface area (Å²) in [6.45, 7) is 0. The van der Waals surface area contributed by atoms with Crippen molar-refractivity contribution in [3.8, 4) is 16.9 Å². The van der Waals surface area contributed by atoms with E-state index in [1.807, 2.05) is 36.0 Å². The number of aromatic amines is 1. The average molecular weight is 275 g/mol. The van der Waals surface area contributed by atoms with Crippen LogP contribution in [0, 0.1) is 0 Å². The molecule has 1 aliphatic rings. The lowest BCUT2D eigenvalue weighted by atomic mass is 10.1. The van der Waals surface area contributed by atoms with Gasteiger partial charge in [0.1, 0.15) is 17.7 Å². The fraction of sp³-hybridized carbons (Fsp3) is 0.357. The van der Waals surface area contributed by atoms with E-state index in [9.17, 15) is 0 Å². The third-order valence-corrected chi connectivity index (χ3v) is 4.44. The molecule has 1 aromatic heterocycles. The standard InChI is InChI=1S/C14H17N3OS/c15-14-12(8-16-17-14)11-5-1-2-6-13(11)18-10-4-3-7-19-9-10/h1-2,5-6,8,10H,3-4,7,9H2,(H3,15,16,17). The Morgan fingerprint density at radius 3 is 2.95 bits per heavy atom. The molecule has 1 fully saturated rings. The number of rotatable bonds is 3.